The first kappa shape index (κ1) is 9.41. The smallest absolute Gasteiger partial charge is 0.201 e. The predicted octanol–water partition coefficient (Wildman–Crippen LogP) is 6.82. The van der Waals surface area contributed by atoms with Gasteiger partial charge in [-0.1, -0.05) is 23.7 Å². The molecular formula is C32H40N2+2. The molecule has 2 heterocycles. The first-order valence-electron chi connectivity index (χ1n) is 20.9. The normalized spacial score (nSPS) is 21.1. The summed E-state index contributed by atoms with van der Waals surface area (Å²) in [4.78, 5) is 0. The van der Waals surface area contributed by atoms with E-state index in [4.69, 9.17) is 28.8 Å². The summed E-state index contributed by atoms with van der Waals surface area (Å²) in [5.41, 5.74) is -0.355. The number of aromatic nitrogens is 2. The number of rotatable bonds is 2. The lowest BCUT2D eigenvalue weighted by Gasteiger charge is -2.08. The zero-order valence-electron chi connectivity index (χ0n) is 41.0. The van der Waals surface area contributed by atoms with Gasteiger partial charge in [0.15, 0.2) is 12.3 Å². The molecule has 0 saturated heterocycles. The van der Waals surface area contributed by atoms with E-state index in [9.17, 15) is 0 Å². The number of aryl methyl sites for hydroxylation is 1. The monoisotopic (exact) mass is 473 g/mol. The molecule has 0 saturated carbocycles. The van der Waals surface area contributed by atoms with Crippen molar-refractivity contribution in [1.29, 1.82) is 0 Å². The van der Waals surface area contributed by atoms with Crippen molar-refractivity contribution in [1.82, 2.24) is 0 Å². The Hall–Kier alpha value is -3.26. The highest BCUT2D eigenvalue weighted by atomic mass is 14.9. The van der Waals surface area contributed by atoms with Gasteiger partial charge in [-0.3, -0.25) is 0 Å². The van der Waals surface area contributed by atoms with Gasteiger partial charge in [-0.25, -0.2) is 9.13 Å². The number of benzene rings is 2. The maximum atomic E-state index is 8.44. The molecule has 2 aromatic heterocycles. The molecule has 0 N–H and O–H groups in total. The largest absolute Gasteiger partial charge is 0.212 e. The SMILES string of the molecule is [2H]c1c(C)c(C([2H])([2H])[2H])c([2H])c(C)c1-c1c([2H])c([2H])c(C([2H])([2H])[2H])c([2H])[n+]1C.[2H]c1c([2H])c(C([2H])([2H])[2H])c([2H])c(C)c1-c1cc(C)c(C([2H])([2H])[2H])c([2H])[n+]1C. The van der Waals surface area contributed by atoms with Crippen LogP contribution >= 0.6 is 0 Å². The summed E-state index contributed by atoms with van der Waals surface area (Å²) in [6, 6.07) is -1.48. The van der Waals surface area contributed by atoms with E-state index in [1.54, 1.807) is 6.92 Å². The maximum Gasteiger partial charge on any atom is 0.212 e. The molecule has 4 rings (SSSR count). The van der Waals surface area contributed by atoms with Crippen molar-refractivity contribution in [3.05, 3.63) is 105 Å². The van der Waals surface area contributed by atoms with Crippen LogP contribution in [0, 0.1) is 55.1 Å². The third-order valence-electron chi connectivity index (χ3n) is 5.18. The van der Waals surface area contributed by atoms with Gasteiger partial charge in [0.1, 0.15) is 16.8 Å². The van der Waals surface area contributed by atoms with Crippen LogP contribution in [0.4, 0.5) is 0 Å². The molecule has 0 bridgehead atoms. The molecule has 34 heavy (non-hydrogen) atoms. The van der Waals surface area contributed by atoms with Gasteiger partial charge in [0.25, 0.3) is 0 Å². The van der Waals surface area contributed by atoms with Crippen molar-refractivity contribution in [2.75, 3.05) is 0 Å². The Kier molecular flexibility index (Phi) is 2.86. The fourth-order valence-electron chi connectivity index (χ4n) is 3.30. The molecule has 2 heteroatoms. The summed E-state index contributed by atoms with van der Waals surface area (Å²) < 4.78 is 167. The highest BCUT2D eigenvalue weighted by Gasteiger charge is 2.14. The Morgan fingerprint density at radius 3 is 1.94 bits per heavy atom. The van der Waals surface area contributed by atoms with Crippen LogP contribution in [-0.2, 0) is 14.1 Å². The molecule has 176 valence electrons. The Labute approximate surface area is 236 Å². The van der Waals surface area contributed by atoms with Gasteiger partial charge in [-0.05, 0) is 101 Å². The van der Waals surface area contributed by atoms with Crippen LogP contribution in [0.3, 0.4) is 0 Å². The quantitative estimate of drug-likeness (QED) is 0.282. The van der Waals surface area contributed by atoms with Crippen LogP contribution in [0.15, 0.2) is 60.7 Å². The molecule has 0 radical (unpaired) electrons. The van der Waals surface area contributed by atoms with Crippen LogP contribution in [-0.4, -0.2) is 0 Å². The lowest BCUT2D eigenvalue weighted by Crippen LogP contribution is -2.31. The van der Waals surface area contributed by atoms with Gasteiger partial charge >= 0.3 is 0 Å². The number of nitrogens with zero attached hydrogens (tertiary/aromatic N) is 2. The summed E-state index contributed by atoms with van der Waals surface area (Å²) in [7, 11) is 2.82. The minimum Gasteiger partial charge on any atom is -0.201 e. The topological polar surface area (TPSA) is 7.76 Å². The van der Waals surface area contributed by atoms with Gasteiger partial charge in [-0.2, -0.15) is 0 Å². The Balaban J connectivity index is 0.000000296. The fourth-order valence-corrected chi connectivity index (χ4v) is 3.30. The highest BCUT2D eigenvalue weighted by molar-refractivity contribution is 5.63. The number of hydrogen-bond acceptors (Lipinski definition) is 0. The predicted molar refractivity (Wildman–Crippen MR) is 144 cm³/mol. The fraction of sp³-hybridized carbons (Fsp3) is 0.312. The Bertz CT molecular complexity index is 2040. The summed E-state index contributed by atoms with van der Waals surface area (Å²) in [5, 5.41) is 0. The zero-order chi connectivity index (χ0) is 43.0. The first-order valence-corrected chi connectivity index (χ1v) is 10.4. The number of pyridine rings is 2. The van der Waals surface area contributed by atoms with Crippen LogP contribution in [0.25, 0.3) is 22.5 Å². The van der Waals surface area contributed by atoms with E-state index in [0.717, 1.165) is 4.57 Å². The van der Waals surface area contributed by atoms with Crippen LogP contribution in [0.5, 0.6) is 0 Å². The number of hydrogen-bond donors (Lipinski definition) is 0. The molecule has 2 aromatic carbocycles. The standard InChI is InChI=1S/2C16H20N/c1-11-6-7-16(17(5)10-11)15-9-13(3)12(2)8-14(15)4;1-11-6-7-15(13(3)8-11)16-9-12(2)14(4)10-17(16)5/h2*6-10H,1-5H3/q2*+1/i1D3,2D3,6D,7D,8D,9D,10D;1D3,4D3,6D,7D,8D,10D. The van der Waals surface area contributed by atoms with Crippen LogP contribution < -0.4 is 9.13 Å². The Morgan fingerprint density at radius 2 is 1.24 bits per heavy atom. The van der Waals surface area contributed by atoms with Gasteiger partial charge in [-0.15, -0.1) is 0 Å². The minimum atomic E-state index is -2.76. The van der Waals surface area contributed by atoms with E-state index in [-0.39, 0.29) is 80.7 Å². The summed E-state index contributed by atoms with van der Waals surface area (Å²) in [6.45, 7) is -4.68. The summed E-state index contributed by atoms with van der Waals surface area (Å²) in [6.07, 6.45) is -0.763. The average Bonchev–Trinajstić information content (AvgIpc) is 3.00. The summed E-state index contributed by atoms with van der Waals surface area (Å²) in [5.74, 6) is 0. The van der Waals surface area contributed by atoms with E-state index >= 15 is 0 Å². The molecule has 2 nitrogen and oxygen atoms in total. The molecule has 4 aromatic rings. The second-order valence-corrected chi connectivity index (χ2v) is 7.90. The van der Waals surface area contributed by atoms with E-state index in [1.807, 2.05) is 0 Å². The average molecular weight is 474 g/mol. The Morgan fingerprint density at radius 1 is 0.559 bits per heavy atom. The summed E-state index contributed by atoms with van der Waals surface area (Å²) >= 11 is 0. The second-order valence-electron chi connectivity index (χ2n) is 7.90. The molecule has 0 unspecified atom stereocenters. The lowest BCUT2D eigenvalue weighted by molar-refractivity contribution is -0.660. The van der Waals surface area contributed by atoms with Gasteiger partial charge < -0.3 is 0 Å². The zero-order valence-corrected chi connectivity index (χ0v) is 20.0. The molecule has 0 spiro atoms. The van der Waals surface area contributed by atoms with Gasteiger partial charge in [0, 0.05) is 50.8 Å². The molecular weight excluding hydrogens is 412 g/mol. The maximum absolute atomic E-state index is 8.44. The lowest BCUT2D eigenvalue weighted by atomic mass is 9.98. The van der Waals surface area contributed by atoms with E-state index in [0.29, 0.717) is 5.56 Å². The minimum absolute atomic E-state index is 0.0436. The second kappa shape index (κ2) is 10.3. The first-order chi connectivity index (χ1) is 24.6. The molecule has 0 amide bonds. The van der Waals surface area contributed by atoms with Crippen molar-refractivity contribution >= 4 is 0 Å². The molecule has 0 aliphatic carbocycles. The van der Waals surface area contributed by atoms with Crippen LogP contribution in [0.2, 0.25) is 0 Å². The van der Waals surface area contributed by atoms with E-state index < -0.39 is 62.8 Å². The van der Waals surface area contributed by atoms with E-state index in [1.165, 1.54) is 45.5 Å². The van der Waals surface area contributed by atoms with Crippen molar-refractivity contribution in [2.45, 2.75) is 55.1 Å². The van der Waals surface area contributed by atoms with Crippen molar-refractivity contribution in [2.24, 2.45) is 14.1 Å². The van der Waals surface area contributed by atoms with Gasteiger partial charge in [0.2, 0.25) is 11.4 Å². The van der Waals surface area contributed by atoms with E-state index in [2.05, 4.69) is 0 Å². The van der Waals surface area contributed by atoms with Crippen LogP contribution in [0.1, 0.15) is 73.3 Å². The van der Waals surface area contributed by atoms with Gasteiger partial charge in [0.05, 0.1) is 9.60 Å². The molecule has 0 atom stereocenters. The molecule has 0 fully saturated rings. The molecule has 0 aliphatic heterocycles. The van der Waals surface area contributed by atoms with Crippen molar-refractivity contribution < 1.29 is 37.9 Å². The highest BCUT2D eigenvalue weighted by Crippen LogP contribution is 2.24. The van der Waals surface area contributed by atoms with Crippen molar-refractivity contribution in [3.8, 4) is 22.5 Å². The molecule has 0 aliphatic rings. The third kappa shape index (κ3) is 5.62. The van der Waals surface area contributed by atoms with Crippen molar-refractivity contribution in [3.63, 3.8) is 0 Å². The third-order valence-corrected chi connectivity index (χ3v) is 5.18.